The number of amides is 1. The van der Waals surface area contributed by atoms with Crippen LogP contribution in [0.2, 0.25) is 5.02 Å². The van der Waals surface area contributed by atoms with E-state index in [9.17, 15) is 29.8 Å². The summed E-state index contributed by atoms with van der Waals surface area (Å²) >= 11 is 5.89. The van der Waals surface area contributed by atoms with Gasteiger partial charge in [0.2, 0.25) is 5.91 Å². The Morgan fingerprint density at radius 1 is 1.04 bits per heavy atom. The van der Waals surface area contributed by atoms with Gasteiger partial charge in [-0.05, 0) is 30.7 Å². The summed E-state index contributed by atoms with van der Waals surface area (Å²) in [6.45, 7) is 2.54. The first-order valence-electron chi connectivity index (χ1n) is 8.09. The monoisotopic (exact) mass is 405 g/mol. The van der Waals surface area contributed by atoms with Crippen LogP contribution in [0, 0.1) is 20.2 Å². The minimum atomic E-state index is -0.840. The van der Waals surface area contributed by atoms with Crippen LogP contribution >= 0.6 is 11.6 Å². The number of anilines is 1. The molecular formula is C18H16ClN3O6. The summed E-state index contributed by atoms with van der Waals surface area (Å²) in [7, 11) is 0. The number of nitrogens with zero attached hydrogens (tertiary/aromatic N) is 3. The fourth-order valence-electron chi connectivity index (χ4n) is 2.85. The van der Waals surface area contributed by atoms with Gasteiger partial charge in [-0.2, -0.15) is 0 Å². The second kappa shape index (κ2) is 8.57. The van der Waals surface area contributed by atoms with Crippen LogP contribution < -0.4 is 4.90 Å². The van der Waals surface area contributed by atoms with Crippen molar-refractivity contribution < 1.29 is 19.4 Å². The molecule has 0 bridgehead atoms. The third-order valence-corrected chi connectivity index (χ3v) is 4.26. The van der Waals surface area contributed by atoms with Gasteiger partial charge < -0.3 is 0 Å². The Kier molecular flexibility index (Phi) is 6.42. The van der Waals surface area contributed by atoms with E-state index in [1.807, 2.05) is 0 Å². The normalized spacial score (nSPS) is 11.5. The Morgan fingerprint density at radius 3 is 2.11 bits per heavy atom. The molecule has 2 aromatic rings. The van der Waals surface area contributed by atoms with E-state index in [1.54, 1.807) is 24.3 Å². The minimum Gasteiger partial charge on any atom is -0.300 e. The molecule has 0 aromatic heterocycles. The van der Waals surface area contributed by atoms with Gasteiger partial charge in [-0.15, -0.1) is 0 Å². The zero-order valence-electron chi connectivity index (χ0n) is 15.0. The lowest BCUT2D eigenvalue weighted by Gasteiger charge is -2.30. The van der Waals surface area contributed by atoms with E-state index in [1.165, 1.54) is 13.8 Å². The van der Waals surface area contributed by atoms with Gasteiger partial charge in [0.1, 0.15) is 11.5 Å². The van der Waals surface area contributed by atoms with Crippen LogP contribution in [0.5, 0.6) is 0 Å². The molecular weight excluding hydrogens is 390 g/mol. The molecule has 0 aliphatic heterocycles. The summed E-state index contributed by atoms with van der Waals surface area (Å²) in [6.07, 6.45) is -0.102. The Bertz CT molecular complexity index is 945. The average Bonchev–Trinajstić information content (AvgIpc) is 2.61. The molecule has 9 nitrogen and oxygen atoms in total. The van der Waals surface area contributed by atoms with Crippen molar-refractivity contribution in [3.8, 4) is 0 Å². The molecule has 10 heteroatoms. The van der Waals surface area contributed by atoms with E-state index in [0.29, 0.717) is 10.6 Å². The number of halogens is 1. The van der Waals surface area contributed by atoms with E-state index in [-0.39, 0.29) is 17.9 Å². The maximum Gasteiger partial charge on any atom is 0.299 e. The summed E-state index contributed by atoms with van der Waals surface area (Å²) in [5, 5.41) is 22.9. The fraction of sp³-hybridized carbons (Fsp3) is 0.222. The number of rotatable bonds is 7. The number of carbonyl (C=O) groups is 2. The number of non-ortho nitro benzene ring substituents is 1. The largest absolute Gasteiger partial charge is 0.300 e. The molecule has 0 saturated carbocycles. The lowest BCUT2D eigenvalue weighted by atomic mass is 9.98. The second-order valence-electron chi connectivity index (χ2n) is 6.05. The van der Waals surface area contributed by atoms with Crippen molar-refractivity contribution in [1.82, 2.24) is 0 Å². The summed E-state index contributed by atoms with van der Waals surface area (Å²) in [6, 6.07) is 8.54. The summed E-state index contributed by atoms with van der Waals surface area (Å²) in [4.78, 5) is 46.3. The summed E-state index contributed by atoms with van der Waals surface area (Å²) in [5.41, 5.74) is -0.674. The molecule has 28 heavy (non-hydrogen) atoms. The van der Waals surface area contributed by atoms with Crippen molar-refractivity contribution in [3.05, 3.63) is 73.3 Å². The molecule has 1 unspecified atom stereocenters. The smallest absolute Gasteiger partial charge is 0.299 e. The predicted molar refractivity (Wildman–Crippen MR) is 102 cm³/mol. The standard InChI is InChI=1S/C18H16ClN3O6/c1-11(23)9-17(13-3-5-14(19)6-4-13)20(12(2)24)16-8-7-15(21(25)26)10-18(16)22(27)28/h3-8,10,17H,9H2,1-2H3. The van der Waals surface area contributed by atoms with Crippen molar-refractivity contribution in [2.45, 2.75) is 26.3 Å². The number of hydrogen-bond donors (Lipinski definition) is 0. The lowest BCUT2D eigenvalue weighted by Crippen LogP contribution is -2.34. The molecule has 0 radical (unpaired) electrons. The van der Waals surface area contributed by atoms with E-state index in [2.05, 4.69) is 0 Å². The fourth-order valence-corrected chi connectivity index (χ4v) is 2.97. The van der Waals surface area contributed by atoms with Gasteiger partial charge in [0.25, 0.3) is 11.4 Å². The molecule has 0 spiro atoms. The van der Waals surface area contributed by atoms with Crippen molar-refractivity contribution >= 4 is 40.4 Å². The first-order chi connectivity index (χ1) is 13.1. The van der Waals surface area contributed by atoms with Gasteiger partial charge in [0.15, 0.2) is 0 Å². The lowest BCUT2D eigenvalue weighted by molar-refractivity contribution is -0.393. The zero-order valence-corrected chi connectivity index (χ0v) is 15.8. The topological polar surface area (TPSA) is 124 Å². The van der Waals surface area contributed by atoms with E-state index >= 15 is 0 Å². The molecule has 0 aliphatic carbocycles. The number of hydrogen-bond acceptors (Lipinski definition) is 6. The van der Waals surface area contributed by atoms with E-state index < -0.39 is 33.2 Å². The third-order valence-electron chi connectivity index (χ3n) is 4.01. The second-order valence-corrected chi connectivity index (χ2v) is 6.49. The van der Waals surface area contributed by atoms with Crippen LogP contribution in [0.4, 0.5) is 17.1 Å². The van der Waals surface area contributed by atoms with Gasteiger partial charge in [0.05, 0.1) is 22.0 Å². The van der Waals surface area contributed by atoms with Gasteiger partial charge in [-0.3, -0.25) is 34.7 Å². The maximum absolute atomic E-state index is 12.4. The van der Waals surface area contributed by atoms with Gasteiger partial charge in [0, 0.05) is 24.4 Å². The van der Waals surface area contributed by atoms with Crippen molar-refractivity contribution in [2.75, 3.05) is 4.90 Å². The van der Waals surface area contributed by atoms with Crippen molar-refractivity contribution in [2.24, 2.45) is 0 Å². The maximum atomic E-state index is 12.4. The average molecular weight is 406 g/mol. The molecule has 0 fully saturated rings. The Labute approximate surface area is 164 Å². The van der Waals surface area contributed by atoms with Gasteiger partial charge >= 0.3 is 0 Å². The van der Waals surface area contributed by atoms with E-state index in [0.717, 1.165) is 23.1 Å². The Hall–Kier alpha value is -3.33. The summed E-state index contributed by atoms with van der Waals surface area (Å²) < 4.78 is 0. The highest BCUT2D eigenvalue weighted by Gasteiger charge is 2.32. The SMILES string of the molecule is CC(=O)CC(c1ccc(Cl)cc1)N(C(C)=O)c1ccc([N+](=O)[O-])cc1[N+](=O)[O-]. The van der Waals surface area contributed by atoms with Crippen LogP contribution in [0.3, 0.4) is 0 Å². The highest BCUT2D eigenvalue weighted by molar-refractivity contribution is 6.30. The Morgan fingerprint density at radius 2 is 1.64 bits per heavy atom. The molecule has 0 saturated heterocycles. The third kappa shape index (κ3) is 4.68. The van der Waals surface area contributed by atoms with Crippen molar-refractivity contribution in [1.29, 1.82) is 0 Å². The first kappa shape index (κ1) is 21.0. The van der Waals surface area contributed by atoms with Crippen LogP contribution in [0.1, 0.15) is 31.9 Å². The number of ketones is 1. The first-order valence-corrected chi connectivity index (χ1v) is 8.47. The number of benzene rings is 2. The molecule has 0 heterocycles. The van der Waals surface area contributed by atoms with Crippen molar-refractivity contribution in [3.63, 3.8) is 0 Å². The predicted octanol–water partition coefficient (Wildman–Crippen LogP) is 4.23. The molecule has 2 rings (SSSR count). The molecule has 0 aliphatic rings. The minimum absolute atomic E-state index is 0.102. The van der Waals surface area contributed by atoms with Gasteiger partial charge in [-0.1, -0.05) is 23.7 Å². The number of nitro groups is 2. The van der Waals surface area contributed by atoms with Crippen LogP contribution in [-0.4, -0.2) is 21.5 Å². The number of Topliss-reactive ketones (excluding diaryl/α,β-unsaturated/α-hetero) is 1. The number of nitro benzene ring substituents is 2. The molecule has 146 valence electrons. The van der Waals surface area contributed by atoms with Crippen LogP contribution in [0.15, 0.2) is 42.5 Å². The molecule has 1 atom stereocenters. The molecule has 1 amide bonds. The van der Waals surface area contributed by atoms with Gasteiger partial charge in [-0.25, -0.2) is 0 Å². The highest BCUT2D eigenvalue weighted by atomic mass is 35.5. The van der Waals surface area contributed by atoms with Crippen LogP contribution in [0.25, 0.3) is 0 Å². The van der Waals surface area contributed by atoms with Crippen LogP contribution in [-0.2, 0) is 9.59 Å². The Balaban J connectivity index is 2.68. The number of carbonyl (C=O) groups excluding carboxylic acids is 2. The van der Waals surface area contributed by atoms with E-state index in [4.69, 9.17) is 11.6 Å². The quantitative estimate of drug-likeness (QED) is 0.501. The molecule has 0 N–H and O–H groups in total. The highest BCUT2D eigenvalue weighted by Crippen LogP contribution is 2.38. The summed E-state index contributed by atoms with van der Waals surface area (Å²) in [5.74, 6) is -0.797. The zero-order chi connectivity index (χ0) is 21.0. The molecule has 2 aromatic carbocycles.